The van der Waals surface area contributed by atoms with Crippen molar-refractivity contribution in [1.29, 1.82) is 0 Å². The molecule has 0 aliphatic heterocycles. The molecule has 2 aromatic carbocycles. The van der Waals surface area contributed by atoms with E-state index >= 15 is 0 Å². The lowest BCUT2D eigenvalue weighted by molar-refractivity contribution is -0.129. The standard InChI is InChI=1S/C25H27ClO2/c1-25-13-12-21-20-9-7-19(28-15-16-2-5-18(26)6-3-16)14-17(20)4-8-22(21)23(25)10-11-24(25)27/h2-3,5-7,9,14,21-23H,4,8,10-13,15H2,1H3/t21-,22+,23+,25+/m1/s1. The number of halogens is 1. The van der Waals surface area contributed by atoms with E-state index < -0.39 is 0 Å². The average molecular weight is 395 g/mol. The molecular weight excluding hydrogens is 368 g/mol. The number of Topliss-reactive ketones (excluding diaryl/α,β-unsaturated/α-hetero) is 1. The summed E-state index contributed by atoms with van der Waals surface area (Å²) in [5.41, 5.74) is 4.04. The molecule has 0 heterocycles. The van der Waals surface area contributed by atoms with Gasteiger partial charge in [-0.15, -0.1) is 0 Å². The molecule has 2 aromatic rings. The number of benzene rings is 2. The van der Waals surface area contributed by atoms with Gasteiger partial charge in [-0.25, -0.2) is 0 Å². The van der Waals surface area contributed by atoms with Crippen molar-refractivity contribution in [3.05, 3.63) is 64.2 Å². The van der Waals surface area contributed by atoms with Crippen molar-refractivity contribution < 1.29 is 9.53 Å². The second-order valence-corrected chi connectivity index (χ2v) is 9.55. The molecule has 0 amide bonds. The molecule has 2 nitrogen and oxygen atoms in total. The third-order valence-corrected chi connectivity index (χ3v) is 7.98. The summed E-state index contributed by atoms with van der Waals surface area (Å²) in [6.45, 7) is 2.80. The Bertz CT molecular complexity index is 903. The molecule has 0 aromatic heterocycles. The summed E-state index contributed by atoms with van der Waals surface area (Å²) in [7, 11) is 0. The highest BCUT2D eigenvalue weighted by molar-refractivity contribution is 6.30. The zero-order valence-corrected chi connectivity index (χ0v) is 17.2. The first-order valence-electron chi connectivity index (χ1n) is 10.6. The minimum atomic E-state index is -0.0414. The summed E-state index contributed by atoms with van der Waals surface area (Å²) in [5.74, 6) is 3.36. The van der Waals surface area contributed by atoms with E-state index in [1.165, 1.54) is 17.5 Å². The minimum Gasteiger partial charge on any atom is -0.489 e. The van der Waals surface area contributed by atoms with Gasteiger partial charge in [-0.2, -0.15) is 0 Å². The number of carbonyl (C=O) groups is 1. The quantitative estimate of drug-likeness (QED) is 0.606. The third kappa shape index (κ3) is 2.97. The van der Waals surface area contributed by atoms with Crippen LogP contribution in [0, 0.1) is 17.3 Å². The van der Waals surface area contributed by atoms with Crippen molar-refractivity contribution in [3.8, 4) is 5.75 Å². The highest BCUT2D eigenvalue weighted by Gasteiger charge is 2.54. The van der Waals surface area contributed by atoms with E-state index in [2.05, 4.69) is 25.1 Å². The predicted molar refractivity (Wildman–Crippen MR) is 112 cm³/mol. The highest BCUT2D eigenvalue weighted by atomic mass is 35.5. The van der Waals surface area contributed by atoms with Crippen LogP contribution in [0.2, 0.25) is 5.02 Å². The van der Waals surface area contributed by atoms with Crippen LogP contribution in [0.5, 0.6) is 5.75 Å². The number of rotatable bonds is 3. The van der Waals surface area contributed by atoms with Crippen LogP contribution in [0.3, 0.4) is 0 Å². The SMILES string of the molecule is C[C@]12CC[C@@H]3c4ccc(OCc5ccc(Cl)cc5)cc4CC[C@@H]3[C@@H]1CCC2=O. The molecule has 3 aliphatic carbocycles. The molecule has 146 valence electrons. The molecule has 2 fully saturated rings. The van der Waals surface area contributed by atoms with Crippen molar-refractivity contribution in [2.24, 2.45) is 17.3 Å². The Morgan fingerprint density at radius 2 is 1.89 bits per heavy atom. The Kier molecular flexibility index (Phi) is 4.50. The van der Waals surface area contributed by atoms with Crippen molar-refractivity contribution >= 4 is 17.4 Å². The van der Waals surface area contributed by atoms with Gasteiger partial charge < -0.3 is 4.74 Å². The smallest absolute Gasteiger partial charge is 0.139 e. The zero-order chi connectivity index (χ0) is 19.3. The minimum absolute atomic E-state index is 0.0414. The van der Waals surface area contributed by atoms with E-state index in [4.69, 9.17) is 16.3 Å². The maximum atomic E-state index is 12.5. The van der Waals surface area contributed by atoms with E-state index in [0.29, 0.717) is 30.1 Å². The number of hydrogen-bond donors (Lipinski definition) is 0. The molecule has 3 aliphatic rings. The van der Waals surface area contributed by atoms with Crippen LogP contribution in [0.1, 0.15) is 61.6 Å². The Morgan fingerprint density at radius 3 is 2.71 bits per heavy atom. The summed E-state index contributed by atoms with van der Waals surface area (Å²) in [5, 5.41) is 0.750. The van der Waals surface area contributed by atoms with Gasteiger partial charge in [-0.1, -0.05) is 36.7 Å². The Balaban J connectivity index is 1.33. The predicted octanol–water partition coefficient (Wildman–Crippen LogP) is 6.34. The maximum absolute atomic E-state index is 12.5. The molecule has 3 heteroatoms. The molecule has 0 unspecified atom stereocenters. The number of aryl methyl sites for hydroxylation is 1. The van der Waals surface area contributed by atoms with Crippen LogP contribution in [0.25, 0.3) is 0 Å². The lowest BCUT2D eigenvalue weighted by Gasteiger charge is -2.48. The third-order valence-electron chi connectivity index (χ3n) is 7.73. The van der Waals surface area contributed by atoms with Crippen LogP contribution < -0.4 is 4.74 Å². The number of hydrogen-bond acceptors (Lipinski definition) is 2. The second-order valence-electron chi connectivity index (χ2n) is 9.11. The number of carbonyl (C=O) groups excluding carboxylic acids is 1. The number of ketones is 1. The molecule has 5 rings (SSSR count). The van der Waals surface area contributed by atoms with Crippen LogP contribution in [0.4, 0.5) is 0 Å². The first kappa shape index (κ1) is 18.2. The molecule has 0 saturated heterocycles. The van der Waals surface area contributed by atoms with E-state index in [-0.39, 0.29) is 5.41 Å². The van der Waals surface area contributed by atoms with Gasteiger partial charge in [0.05, 0.1) is 0 Å². The first-order chi connectivity index (χ1) is 13.5. The monoisotopic (exact) mass is 394 g/mol. The van der Waals surface area contributed by atoms with Crippen LogP contribution in [-0.4, -0.2) is 5.78 Å². The molecular formula is C25H27ClO2. The molecule has 28 heavy (non-hydrogen) atoms. The number of ether oxygens (including phenoxy) is 1. The molecule has 0 N–H and O–H groups in total. The topological polar surface area (TPSA) is 26.3 Å². The van der Waals surface area contributed by atoms with E-state index in [9.17, 15) is 4.79 Å². The van der Waals surface area contributed by atoms with Gasteiger partial charge in [0.1, 0.15) is 18.1 Å². The summed E-state index contributed by atoms with van der Waals surface area (Å²) in [6, 6.07) is 14.5. The maximum Gasteiger partial charge on any atom is 0.139 e. The van der Waals surface area contributed by atoms with Crippen LogP contribution in [-0.2, 0) is 17.8 Å². The molecule has 4 atom stereocenters. The summed E-state index contributed by atoms with van der Waals surface area (Å²) < 4.78 is 6.05. The first-order valence-corrected chi connectivity index (χ1v) is 11.0. The normalized spacial score (nSPS) is 31.1. The van der Waals surface area contributed by atoms with E-state index in [1.54, 1.807) is 0 Å². The second kappa shape index (κ2) is 6.91. The average Bonchev–Trinajstić information content (AvgIpc) is 3.02. The molecule has 0 spiro atoms. The Hall–Kier alpha value is -1.80. The van der Waals surface area contributed by atoms with Gasteiger partial charge in [0.15, 0.2) is 0 Å². The Labute approximate surface area is 172 Å². The molecule has 0 bridgehead atoms. The van der Waals surface area contributed by atoms with Gasteiger partial charge in [-0.05, 0) is 90.8 Å². The van der Waals surface area contributed by atoms with Crippen molar-refractivity contribution in [1.82, 2.24) is 0 Å². The fraction of sp³-hybridized carbons (Fsp3) is 0.480. The van der Waals surface area contributed by atoms with Crippen molar-refractivity contribution in [2.45, 2.75) is 58.0 Å². The Morgan fingerprint density at radius 1 is 1.07 bits per heavy atom. The molecule has 2 saturated carbocycles. The van der Waals surface area contributed by atoms with Crippen molar-refractivity contribution in [2.75, 3.05) is 0 Å². The van der Waals surface area contributed by atoms with E-state index in [1.807, 2.05) is 24.3 Å². The van der Waals surface area contributed by atoms with Crippen molar-refractivity contribution in [3.63, 3.8) is 0 Å². The molecule has 0 radical (unpaired) electrons. The zero-order valence-electron chi connectivity index (χ0n) is 16.4. The lowest BCUT2D eigenvalue weighted by Crippen LogP contribution is -2.42. The fourth-order valence-electron chi connectivity index (χ4n) is 6.17. The highest BCUT2D eigenvalue weighted by Crippen LogP contribution is 2.59. The van der Waals surface area contributed by atoms with Gasteiger partial charge in [-0.3, -0.25) is 4.79 Å². The van der Waals surface area contributed by atoms with Crippen LogP contribution in [0.15, 0.2) is 42.5 Å². The van der Waals surface area contributed by atoms with Gasteiger partial charge in [0.2, 0.25) is 0 Å². The lowest BCUT2D eigenvalue weighted by atomic mass is 9.55. The van der Waals surface area contributed by atoms with Gasteiger partial charge >= 0.3 is 0 Å². The van der Waals surface area contributed by atoms with Gasteiger partial charge in [0, 0.05) is 16.9 Å². The summed E-state index contributed by atoms with van der Waals surface area (Å²) in [6.07, 6.45) is 6.44. The van der Waals surface area contributed by atoms with Gasteiger partial charge in [0.25, 0.3) is 0 Å². The number of fused-ring (bicyclic) bond motifs is 5. The van der Waals surface area contributed by atoms with E-state index in [0.717, 1.165) is 48.4 Å². The fourth-order valence-corrected chi connectivity index (χ4v) is 6.29. The largest absolute Gasteiger partial charge is 0.489 e. The van der Waals surface area contributed by atoms with Crippen LogP contribution >= 0.6 is 11.6 Å². The summed E-state index contributed by atoms with van der Waals surface area (Å²) >= 11 is 5.95. The summed E-state index contributed by atoms with van der Waals surface area (Å²) in [4.78, 5) is 12.5.